The molecule has 100 valence electrons. The lowest BCUT2D eigenvalue weighted by molar-refractivity contribution is 0.0946. The van der Waals surface area contributed by atoms with Gasteiger partial charge in [-0.05, 0) is 6.42 Å². The average Bonchev–Trinajstić information content (AvgIpc) is 2.96. The van der Waals surface area contributed by atoms with E-state index in [1.54, 1.807) is 17.9 Å². The third kappa shape index (κ3) is 3.99. The molecule has 0 aliphatic heterocycles. The molecule has 0 saturated heterocycles. The molecule has 0 fully saturated rings. The first-order valence-electron chi connectivity index (χ1n) is 6.01. The van der Waals surface area contributed by atoms with Crippen molar-refractivity contribution in [1.29, 1.82) is 0 Å². The summed E-state index contributed by atoms with van der Waals surface area (Å²) >= 11 is 1.50. The predicted molar refractivity (Wildman–Crippen MR) is 74.1 cm³/mol. The molecule has 19 heavy (non-hydrogen) atoms. The van der Waals surface area contributed by atoms with Gasteiger partial charge in [0.05, 0.1) is 24.4 Å². The Morgan fingerprint density at radius 2 is 2.21 bits per heavy atom. The van der Waals surface area contributed by atoms with Crippen LogP contribution in [0.5, 0.6) is 0 Å². The van der Waals surface area contributed by atoms with Gasteiger partial charge in [-0.3, -0.25) is 14.8 Å². The van der Waals surface area contributed by atoms with Crippen LogP contribution in [0.4, 0.5) is 5.82 Å². The van der Waals surface area contributed by atoms with E-state index in [1.165, 1.54) is 17.5 Å². The van der Waals surface area contributed by atoms with Crippen LogP contribution in [-0.2, 0) is 6.54 Å². The highest BCUT2D eigenvalue weighted by atomic mass is 32.1. The van der Waals surface area contributed by atoms with Crippen molar-refractivity contribution in [3.8, 4) is 0 Å². The lowest BCUT2D eigenvalue weighted by Gasteiger charge is -2.06. The van der Waals surface area contributed by atoms with Gasteiger partial charge in [0.1, 0.15) is 11.5 Å². The minimum absolute atomic E-state index is 0.235. The maximum atomic E-state index is 11.9. The molecule has 0 unspecified atom stereocenters. The van der Waals surface area contributed by atoms with Gasteiger partial charge in [0.2, 0.25) is 0 Å². The fourth-order valence-corrected chi connectivity index (χ4v) is 1.94. The van der Waals surface area contributed by atoms with Crippen LogP contribution >= 0.6 is 11.3 Å². The van der Waals surface area contributed by atoms with Crippen LogP contribution in [0.25, 0.3) is 0 Å². The van der Waals surface area contributed by atoms with Crippen molar-refractivity contribution in [2.75, 3.05) is 11.9 Å². The number of nitrogens with zero attached hydrogens (tertiary/aromatic N) is 3. The van der Waals surface area contributed by atoms with E-state index in [9.17, 15) is 4.79 Å². The summed E-state index contributed by atoms with van der Waals surface area (Å²) in [6, 6.07) is 0. The second-order valence-electron chi connectivity index (χ2n) is 3.87. The first kappa shape index (κ1) is 13.4. The van der Waals surface area contributed by atoms with E-state index in [0.29, 0.717) is 18.1 Å². The van der Waals surface area contributed by atoms with Gasteiger partial charge in [-0.1, -0.05) is 6.92 Å². The fraction of sp³-hybridized carbons (Fsp3) is 0.333. The number of hydrogen-bond acceptors (Lipinski definition) is 6. The minimum Gasteiger partial charge on any atom is -0.369 e. The lowest BCUT2D eigenvalue weighted by Crippen LogP contribution is -2.24. The molecule has 0 bridgehead atoms. The molecule has 2 rings (SSSR count). The molecule has 0 atom stereocenters. The molecule has 0 aromatic carbocycles. The Balaban J connectivity index is 1.94. The molecule has 7 heteroatoms. The van der Waals surface area contributed by atoms with Gasteiger partial charge in [0, 0.05) is 17.6 Å². The number of rotatable bonds is 6. The summed E-state index contributed by atoms with van der Waals surface area (Å²) in [4.78, 5) is 25.1. The predicted octanol–water partition coefficient (Wildman–Crippen LogP) is 1.68. The van der Waals surface area contributed by atoms with Gasteiger partial charge in [0.25, 0.3) is 5.91 Å². The lowest BCUT2D eigenvalue weighted by atomic mass is 10.4. The van der Waals surface area contributed by atoms with Crippen molar-refractivity contribution in [1.82, 2.24) is 20.3 Å². The number of carbonyl (C=O) groups is 1. The van der Waals surface area contributed by atoms with E-state index < -0.39 is 0 Å². The SMILES string of the molecule is CCCNc1cncc(C(=O)NCc2cncs2)n1. The number of aromatic nitrogens is 3. The van der Waals surface area contributed by atoms with Crippen LogP contribution in [0.3, 0.4) is 0 Å². The van der Waals surface area contributed by atoms with Gasteiger partial charge in [-0.25, -0.2) is 4.98 Å². The standard InChI is InChI=1S/C12H15N5OS/c1-2-3-15-11-7-13-6-10(17-11)12(18)16-5-9-4-14-8-19-9/h4,6-8H,2-3,5H2,1H3,(H,15,17)(H,16,18). The second kappa shape index (κ2) is 6.79. The topological polar surface area (TPSA) is 79.8 Å². The number of thiazole rings is 1. The summed E-state index contributed by atoms with van der Waals surface area (Å²) in [5, 5.41) is 5.88. The first-order valence-corrected chi connectivity index (χ1v) is 6.89. The Labute approximate surface area is 115 Å². The highest BCUT2D eigenvalue weighted by Crippen LogP contribution is 2.06. The molecule has 0 radical (unpaired) electrons. The summed E-state index contributed by atoms with van der Waals surface area (Å²) in [5.41, 5.74) is 2.04. The van der Waals surface area contributed by atoms with Crippen LogP contribution in [0.1, 0.15) is 28.7 Å². The smallest absolute Gasteiger partial charge is 0.271 e. The Morgan fingerprint density at radius 3 is 2.95 bits per heavy atom. The normalized spacial score (nSPS) is 10.2. The number of hydrogen-bond donors (Lipinski definition) is 2. The summed E-state index contributed by atoms with van der Waals surface area (Å²) in [6.45, 7) is 3.32. The third-order valence-corrected chi connectivity index (χ3v) is 3.11. The van der Waals surface area contributed by atoms with Crippen LogP contribution in [0, 0.1) is 0 Å². The monoisotopic (exact) mass is 277 g/mol. The molecule has 6 nitrogen and oxygen atoms in total. The highest BCUT2D eigenvalue weighted by molar-refractivity contribution is 7.09. The number of amides is 1. The maximum Gasteiger partial charge on any atom is 0.271 e. The molecular formula is C12H15N5OS. The molecule has 0 spiro atoms. The van der Waals surface area contributed by atoms with Crippen molar-refractivity contribution >= 4 is 23.1 Å². The van der Waals surface area contributed by atoms with Gasteiger partial charge in [0.15, 0.2) is 0 Å². The zero-order valence-corrected chi connectivity index (χ0v) is 11.4. The molecule has 0 aliphatic rings. The molecule has 2 heterocycles. The van der Waals surface area contributed by atoms with Crippen molar-refractivity contribution < 1.29 is 4.79 Å². The Bertz CT molecular complexity index is 529. The summed E-state index contributed by atoms with van der Waals surface area (Å²) < 4.78 is 0. The van der Waals surface area contributed by atoms with E-state index in [0.717, 1.165) is 17.8 Å². The minimum atomic E-state index is -0.235. The van der Waals surface area contributed by atoms with Crippen molar-refractivity contribution in [2.24, 2.45) is 0 Å². The largest absolute Gasteiger partial charge is 0.369 e. The molecule has 1 amide bonds. The highest BCUT2D eigenvalue weighted by Gasteiger charge is 2.08. The molecular weight excluding hydrogens is 262 g/mol. The first-order chi connectivity index (χ1) is 9.29. The van der Waals surface area contributed by atoms with E-state index in [2.05, 4.69) is 32.5 Å². The molecule has 0 aliphatic carbocycles. The van der Waals surface area contributed by atoms with Crippen LogP contribution in [0.2, 0.25) is 0 Å². The van der Waals surface area contributed by atoms with Gasteiger partial charge in [-0.2, -0.15) is 0 Å². The summed E-state index contributed by atoms with van der Waals surface area (Å²) in [6.07, 6.45) is 5.79. The van der Waals surface area contributed by atoms with Gasteiger partial charge in [-0.15, -0.1) is 11.3 Å². The average molecular weight is 277 g/mol. The zero-order valence-electron chi connectivity index (χ0n) is 10.6. The van der Waals surface area contributed by atoms with E-state index in [-0.39, 0.29) is 5.91 Å². The molecule has 2 aromatic rings. The zero-order chi connectivity index (χ0) is 13.5. The number of anilines is 1. The summed E-state index contributed by atoms with van der Waals surface area (Å²) in [7, 11) is 0. The third-order valence-electron chi connectivity index (χ3n) is 2.33. The van der Waals surface area contributed by atoms with E-state index in [4.69, 9.17) is 0 Å². The van der Waals surface area contributed by atoms with Crippen molar-refractivity contribution in [3.63, 3.8) is 0 Å². The number of carbonyl (C=O) groups excluding carboxylic acids is 1. The van der Waals surface area contributed by atoms with Crippen molar-refractivity contribution in [2.45, 2.75) is 19.9 Å². The Hall–Kier alpha value is -2.02. The van der Waals surface area contributed by atoms with Crippen LogP contribution in [-0.4, -0.2) is 27.4 Å². The second-order valence-corrected chi connectivity index (χ2v) is 4.84. The van der Waals surface area contributed by atoms with Gasteiger partial charge < -0.3 is 10.6 Å². The fourth-order valence-electron chi connectivity index (χ4n) is 1.40. The van der Waals surface area contributed by atoms with Crippen molar-refractivity contribution in [3.05, 3.63) is 34.7 Å². The van der Waals surface area contributed by atoms with Gasteiger partial charge >= 0.3 is 0 Å². The Kier molecular flexibility index (Phi) is 4.79. The summed E-state index contributed by atoms with van der Waals surface area (Å²) in [5.74, 6) is 0.383. The maximum absolute atomic E-state index is 11.9. The van der Waals surface area contributed by atoms with Crippen LogP contribution < -0.4 is 10.6 Å². The van der Waals surface area contributed by atoms with Crippen LogP contribution in [0.15, 0.2) is 24.1 Å². The van der Waals surface area contributed by atoms with E-state index >= 15 is 0 Å². The molecule has 2 aromatic heterocycles. The molecule has 2 N–H and O–H groups in total. The molecule has 0 saturated carbocycles. The quantitative estimate of drug-likeness (QED) is 0.840. The Morgan fingerprint density at radius 1 is 1.32 bits per heavy atom. The van der Waals surface area contributed by atoms with E-state index in [1.807, 2.05) is 0 Å². The number of nitrogens with one attached hydrogen (secondary N) is 2.